The topological polar surface area (TPSA) is 84.1 Å². The highest BCUT2D eigenvalue weighted by Crippen LogP contribution is 2.17. The maximum absolute atomic E-state index is 11.9. The van der Waals surface area contributed by atoms with Crippen LogP contribution in [0.4, 0.5) is 5.69 Å². The molecular formula is C15H17N3O3S. The maximum atomic E-state index is 11.9. The van der Waals surface area contributed by atoms with Gasteiger partial charge in [0.05, 0.1) is 12.4 Å². The number of nitrogens with zero attached hydrogens (tertiary/aromatic N) is 1. The molecule has 0 aliphatic rings. The number of amides is 1. The zero-order valence-corrected chi connectivity index (χ0v) is 13.2. The number of aromatic amines is 1. The molecule has 2 aromatic rings. The molecule has 0 atom stereocenters. The summed E-state index contributed by atoms with van der Waals surface area (Å²) in [4.78, 5) is 29.5. The Kier molecular flexibility index (Phi) is 5.60. The van der Waals surface area contributed by atoms with Crippen LogP contribution in [0.5, 0.6) is 5.75 Å². The first kappa shape index (κ1) is 16.1. The molecule has 6 nitrogen and oxygen atoms in total. The lowest BCUT2D eigenvalue weighted by Gasteiger charge is -2.07. The van der Waals surface area contributed by atoms with Gasteiger partial charge in [0, 0.05) is 11.4 Å². The van der Waals surface area contributed by atoms with E-state index in [9.17, 15) is 9.59 Å². The van der Waals surface area contributed by atoms with E-state index in [1.807, 2.05) is 6.92 Å². The Hall–Kier alpha value is -2.28. The van der Waals surface area contributed by atoms with Gasteiger partial charge >= 0.3 is 5.69 Å². The normalized spacial score (nSPS) is 10.3. The summed E-state index contributed by atoms with van der Waals surface area (Å²) < 4.78 is 5.34. The van der Waals surface area contributed by atoms with Crippen molar-refractivity contribution in [2.45, 2.75) is 18.9 Å². The number of H-pyrrole nitrogens is 1. The van der Waals surface area contributed by atoms with Crippen LogP contribution in [0, 0.1) is 6.92 Å². The van der Waals surface area contributed by atoms with Crippen molar-refractivity contribution in [3.05, 3.63) is 46.5 Å². The third-order valence-corrected chi connectivity index (χ3v) is 3.57. The summed E-state index contributed by atoms with van der Waals surface area (Å²) in [5, 5.41) is 3.31. The molecule has 0 radical (unpaired) electrons. The fraction of sp³-hybridized carbons (Fsp3) is 0.267. The predicted molar refractivity (Wildman–Crippen MR) is 86.6 cm³/mol. The average molecular weight is 319 g/mol. The highest BCUT2D eigenvalue weighted by Gasteiger charge is 2.06. The second kappa shape index (κ2) is 7.65. The summed E-state index contributed by atoms with van der Waals surface area (Å²) in [5.41, 5.74) is 1.01. The highest BCUT2D eigenvalue weighted by atomic mass is 32.2. The summed E-state index contributed by atoms with van der Waals surface area (Å²) in [5.74, 6) is 0.787. The molecular weight excluding hydrogens is 302 g/mol. The summed E-state index contributed by atoms with van der Waals surface area (Å²) in [6, 6.07) is 8.89. The molecule has 116 valence electrons. The summed E-state index contributed by atoms with van der Waals surface area (Å²) >= 11 is 1.22. The second-order valence-electron chi connectivity index (χ2n) is 4.50. The summed E-state index contributed by atoms with van der Waals surface area (Å²) in [6.45, 7) is 4.29. The van der Waals surface area contributed by atoms with Gasteiger partial charge in [0.15, 0.2) is 0 Å². The standard InChI is InChI=1S/C15H17N3O3S/c1-3-21-12-6-4-11(5-7-12)17-13(19)9-22-14-8-10(2)16-15(20)18-14/h4-8H,3,9H2,1-2H3,(H,17,19)(H,16,18,20). The molecule has 2 N–H and O–H groups in total. The van der Waals surface area contributed by atoms with E-state index in [2.05, 4.69) is 15.3 Å². The van der Waals surface area contributed by atoms with Gasteiger partial charge in [-0.05, 0) is 44.2 Å². The fourth-order valence-electron chi connectivity index (χ4n) is 1.76. The van der Waals surface area contributed by atoms with Crippen LogP contribution in [0.2, 0.25) is 0 Å². The Morgan fingerprint density at radius 2 is 2.09 bits per heavy atom. The smallest absolute Gasteiger partial charge is 0.346 e. The quantitative estimate of drug-likeness (QED) is 0.630. The van der Waals surface area contributed by atoms with Gasteiger partial charge < -0.3 is 15.0 Å². The van der Waals surface area contributed by atoms with Crippen LogP contribution in [0.3, 0.4) is 0 Å². The number of hydrogen-bond acceptors (Lipinski definition) is 5. The van der Waals surface area contributed by atoms with E-state index in [0.717, 1.165) is 11.4 Å². The van der Waals surface area contributed by atoms with Crippen molar-refractivity contribution in [2.24, 2.45) is 0 Å². The summed E-state index contributed by atoms with van der Waals surface area (Å²) in [7, 11) is 0. The van der Waals surface area contributed by atoms with Crippen molar-refractivity contribution >= 4 is 23.4 Å². The molecule has 0 spiro atoms. The number of benzene rings is 1. The number of hydrogen-bond donors (Lipinski definition) is 2. The van der Waals surface area contributed by atoms with Gasteiger partial charge in [0.2, 0.25) is 5.91 Å². The van der Waals surface area contributed by atoms with Gasteiger partial charge in [-0.2, -0.15) is 4.98 Å². The van der Waals surface area contributed by atoms with Crippen molar-refractivity contribution in [3.8, 4) is 5.75 Å². The first-order chi connectivity index (χ1) is 10.6. The maximum Gasteiger partial charge on any atom is 0.346 e. The Morgan fingerprint density at radius 1 is 1.36 bits per heavy atom. The van der Waals surface area contributed by atoms with Crippen LogP contribution in [0.25, 0.3) is 0 Å². The molecule has 1 amide bonds. The SMILES string of the molecule is CCOc1ccc(NC(=O)CSc2cc(C)[nH]c(=O)n2)cc1. The van der Waals surface area contributed by atoms with Crippen LogP contribution in [-0.2, 0) is 4.79 Å². The van der Waals surface area contributed by atoms with Gasteiger partial charge in [0.25, 0.3) is 0 Å². The first-order valence-corrected chi connectivity index (χ1v) is 7.79. The number of thioether (sulfide) groups is 1. The number of rotatable bonds is 6. The minimum Gasteiger partial charge on any atom is -0.494 e. The van der Waals surface area contributed by atoms with Crippen molar-refractivity contribution in [3.63, 3.8) is 0 Å². The summed E-state index contributed by atoms with van der Waals surface area (Å²) in [6.07, 6.45) is 0. The number of carbonyl (C=O) groups excluding carboxylic acids is 1. The van der Waals surface area contributed by atoms with Crippen molar-refractivity contribution in [2.75, 3.05) is 17.7 Å². The lowest BCUT2D eigenvalue weighted by atomic mass is 10.3. The minimum absolute atomic E-state index is 0.158. The molecule has 22 heavy (non-hydrogen) atoms. The van der Waals surface area contributed by atoms with E-state index in [0.29, 0.717) is 17.3 Å². The number of aromatic nitrogens is 2. The van der Waals surface area contributed by atoms with Crippen LogP contribution in [0.1, 0.15) is 12.6 Å². The van der Waals surface area contributed by atoms with E-state index in [1.165, 1.54) is 11.8 Å². The molecule has 0 aliphatic carbocycles. The van der Waals surface area contributed by atoms with Gasteiger partial charge in [0.1, 0.15) is 10.8 Å². The van der Waals surface area contributed by atoms with E-state index in [1.54, 1.807) is 37.3 Å². The zero-order valence-electron chi connectivity index (χ0n) is 12.4. The molecule has 0 aliphatic heterocycles. The van der Waals surface area contributed by atoms with Crippen LogP contribution in [-0.4, -0.2) is 28.2 Å². The number of ether oxygens (including phenoxy) is 1. The lowest BCUT2D eigenvalue weighted by molar-refractivity contribution is -0.113. The monoisotopic (exact) mass is 319 g/mol. The Morgan fingerprint density at radius 3 is 2.73 bits per heavy atom. The van der Waals surface area contributed by atoms with Crippen molar-refractivity contribution in [1.29, 1.82) is 0 Å². The third-order valence-electron chi connectivity index (χ3n) is 2.66. The van der Waals surface area contributed by atoms with Gasteiger partial charge in [-0.1, -0.05) is 11.8 Å². The largest absolute Gasteiger partial charge is 0.494 e. The molecule has 1 heterocycles. The highest BCUT2D eigenvalue weighted by molar-refractivity contribution is 7.99. The van der Waals surface area contributed by atoms with Crippen molar-refractivity contribution < 1.29 is 9.53 Å². The third kappa shape index (κ3) is 4.92. The van der Waals surface area contributed by atoms with E-state index in [4.69, 9.17) is 4.74 Å². The van der Waals surface area contributed by atoms with E-state index in [-0.39, 0.29) is 11.7 Å². The predicted octanol–water partition coefficient (Wildman–Crippen LogP) is 2.21. The number of nitrogens with one attached hydrogen (secondary N) is 2. The van der Waals surface area contributed by atoms with Crippen LogP contribution in [0.15, 0.2) is 40.2 Å². The first-order valence-electron chi connectivity index (χ1n) is 6.80. The molecule has 0 bridgehead atoms. The van der Waals surface area contributed by atoms with Gasteiger partial charge in [-0.25, -0.2) is 4.79 Å². The zero-order chi connectivity index (χ0) is 15.9. The van der Waals surface area contributed by atoms with E-state index < -0.39 is 5.69 Å². The Labute approximate surface area is 132 Å². The minimum atomic E-state index is -0.408. The Bertz CT molecular complexity index is 698. The molecule has 0 saturated carbocycles. The number of aryl methyl sites for hydroxylation is 1. The molecule has 0 saturated heterocycles. The van der Waals surface area contributed by atoms with Crippen LogP contribution < -0.4 is 15.7 Å². The molecule has 0 unspecified atom stereocenters. The molecule has 1 aromatic heterocycles. The number of anilines is 1. The van der Waals surface area contributed by atoms with Gasteiger partial charge in [-0.15, -0.1) is 0 Å². The Balaban J connectivity index is 1.88. The average Bonchev–Trinajstić information content (AvgIpc) is 2.47. The number of carbonyl (C=O) groups is 1. The molecule has 1 aromatic carbocycles. The second-order valence-corrected chi connectivity index (χ2v) is 5.50. The van der Waals surface area contributed by atoms with Gasteiger partial charge in [-0.3, -0.25) is 4.79 Å². The fourth-order valence-corrected chi connectivity index (χ4v) is 2.52. The molecule has 2 rings (SSSR count). The van der Waals surface area contributed by atoms with E-state index >= 15 is 0 Å². The molecule has 0 fully saturated rings. The lowest BCUT2D eigenvalue weighted by Crippen LogP contribution is -2.16. The van der Waals surface area contributed by atoms with Crippen LogP contribution >= 0.6 is 11.8 Å². The molecule has 7 heteroatoms. The van der Waals surface area contributed by atoms with Crippen molar-refractivity contribution in [1.82, 2.24) is 9.97 Å².